The molecule has 0 radical (unpaired) electrons. The molecule has 0 bridgehead atoms. The second kappa shape index (κ2) is 5.78. The molecule has 1 aromatic carbocycles. The second-order valence-corrected chi connectivity index (χ2v) is 6.06. The number of rotatable bonds is 3. The number of carbonyl (C=O) groups is 2. The van der Waals surface area contributed by atoms with Gasteiger partial charge in [0.2, 0.25) is 5.91 Å². The van der Waals surface area contributed by atoms with E-state index < -0.39 is 5.41 Å². The molecule has 1 fully saturated rings. The Morgan fingerprint density at radius 3 is 2.55 bits per heavy atom. The monoisotopic (exact) mass is 273 g/mol. The summed E-state index contributed by atoms with van der Waals surface area (Å²) < 4.78 is 0. The van der Waals surface area contributed by atoms with E-state index in [2.05, 4.69) is 0 Å². The van der Waals surface area contributed by atoms with Crippen molar-refractivity contribution in [2.24, 2.45) is 5.92 Å². The van der Waals surface area contributed by atoms with E-state index in [4.69, 9.17) is 0 Å². The van der Waals surface area contributed by atoms with E-state index in [1.54, 1.807) is 0 Å². The third-order valence-corrected chi connectivity index (χ3v) is 4.33. The molecule has 0 N–H and O–H groups in total. The van der Waals surface area contributed by atoms with Crippen molar-refractivity contribution in [1.82, 2.24) is 4.90 Å². The number of likely N-dealkylation sites (tertiary alicyclic amines) is 1. The average molecular weight is 273 g/mol. The number of nitrogens with zero attached hydrogens (tertiary/aromatic N) is 1. The number of amides is 1. The van der Waals surface area contributed by atoms with Gasteiger partial charge < -0.3 is 4.90 Å². The Bertz CT molecular complexity index is 493. The van der Waals surface area contributed by atoms with Crippen LogP contribution in [0, 0.1) is 5.92 Å². The highest BCUT2D eigenvalue weighted by atomic mass is 16.2. The molecule has 1 amide bonds. The summed E-state index contributed by atoms with van der Waals surface area (Å²) in [5.74, 6) is 0.433. The summed E-state index contributed by atoms with van der Waals surface area (Å²) in [7, 11) is 0. The third-order valence-electron chi connectivity index (χ3n) is 4.33. The van der Waals surface area contributed by atoms with Crippen molar-refractivity contribution >= 4 is 11.7 Å². The van der Waals surface area contributed by atoms with E-state index in [0.717, 1.165) is 12.0 Å². The zero-order valence-electron chi connectivity index (χ0n) is 12.6. The highest BCUT2D eigenvalue weighted by Crippen LogP contribution is 2.28. The van der Waals surface area contributed by atoms with Crippen molar-refractivity contribution in [2.75, 3.05) is 13.1 Å². The first kappa shape index (κ1) is 14.8. The zero-order valence-corrected chi connectivity index (χ0v) is 12.6. The smallest absolute Gasteiger partial charge is 0.232 e. The van der Waals surface area contributed by atoms with E-state index in [0.29, 0.717) is 25.3 Å². The highest BCUT2D eigenvalue weighted by Gasteiger charge is 2.37. The molecule has 20 heavy (non-hydrogen) atoms. The van der Waals surface area contributed by atoms with E-state index in [1.165, 1.54) is 0 Å². The Morgan fingerprint density at radius 1 is 1.30 bits per heavy atom. The van der Waals surface area contributed by atoms with Gasteiger partial charge in [-0.25, -0.2) is 0 Å². The maximum Gasteiger partial charge on any atom is 0.232 e. The van der Waals surface area contributed by atoms with Crippen LogP contribution in [-0.4, -0.2) is 29.7 Å². The van der Waals surface area contributed by atoms with E-state index >= 15 is 0 Å². The third kappa shape index (κ3) is 2.77. The number of hydrogen-bond acceptors (Lipinski definition) is 2. The number of Topliss-reactive ketones (excluding diaryl/α,β-unsaturated/α-hetero) is 1. The quantitative estimate of drug-likeness (QED) is 0.849. The first-order valence-electron chi connectivity index (χ1n) is 7.34. The Hall–Kier alpha value is -1.64. The van der Waals surface area contributed by atoms with Gasteiger partial charge in [-0.1, -0.05) is 37.3 Å². The van der Waals surface area contributed by atoms with Crippen molar-refractivity contribution in [3.8, 4) is 0 Å². The van der Waals surface area contributed by atoms with Crippen molar-refractivity contribution in [2.45, 2.75) is 39.0 Å². The Labute approximate surface area is 121 Å². The first-order valence-corrected chi connectivity index (χ1v) is 7.34. The Balaban J connectivity index is 2.17. The van der Waals surface area contributed by atoms with Gasteiger partial charge in [0, 0.05) is 25.4 Å². The van der Waals surface area contributed by atoms with Crippen molar-refractivity contribution in [3.05, 3.63) is 35.9 Å². The van der Waals surface area contributed by atoms with Gasteiger partial charge in [-0.05, 0) is 25.8 Å². The molecule has 1 heterocycles. The van der Waals surface area contributed by atoms with Crippen molar-refractivity contribution in [1.29, 1.82) is 0 Å². The summed E-state index contributed by atoms with van der Waals surface area (Å²) in [6.45, 7) is 7.07. The zero-order chi connectivity index (χ0) is 14.8. The normalized spacial score (nSPS) is 20.1. The number of hydrogen-bond donors (Lipinski definition) is 0. The summed E-state index contributed by atoms with van der Waals surface area (Å²) in [6.07, 6.45) is 1.31. The minimum absolute atomic E-state index is 0.0132. The molecule has 3 nitrogen and oxygen atoms in total. The lowest BCUT2D eigenvalue weighted by molar-refractivity contribution is -0.141. The lowest BCUT2D eigenvalue weighted by Gasteiger charge is -2.37. The van der Waals surface area contributed by atoms with Gasteiger partial charge in [-0.3, -0.25) is 9.59 Å². The van der Waals surface area contributed by atoms with Gasteiger partial charge in [0.1, 0.15) is 5.78 Å². The maximum atomic E-state index is 12.8. The van der Waals surface area contributed by atoms with Gasteiger partial charge in [0.15, 0.2) is 0 Å². The molecule has 1 saturated heterocycles. The molecule has 1 aliphatic rings. The van der Waals surface area contributed by atoms with Crippen LogP contribution in [0.3, 0.4) is 0 Å². The van der Waals surface area contributed by atoms with Crippen LogP contribution in [0.5, 0.6) is 0 Å². The van der Waals surface area contributed by atoms with Crippen LogP contribution < -0.4 is 0 Å². The van der Waals surface area contributed by atoms with Crippen LogP contribution in [0.1, 0.15) is 39.2 Å². The van der Waals surface area contributed by atoms with Crippen molar-refractivity contribution < 1.29 is 9.59 Å². The number of ketones is 1. The molecule has 1 aliphatic heterocycles. The van der Waals surface area contributed by atoms with Crippen LogP contribution in [0.4, 0.5) is 0 Å². The van der Waals surface area contributed by atoms with Gasteiger partial charge in [-0.15, -0.1) is 0 Å². The number of piperidine rings is 1. The fourth-order valence-electron chi connectivity index (χ4n) is 2.82. The summed E-state index contributed by atoms with van der Waals surface area (Å²) in [5, 5.41) is 0. The first-order chi connectivity index (χ1) is 9.46. The molecule has 0 spiro atoms. The maximum absolute atomic E-state index is 12.8. The summed E-state index contributed by atoms with van der Waals surface area (Å²) in [4.78, 5) is 26.4. The topological polar surface area (TPSA) is 37.4 Å². The predicted octanol–water partition coefficient (Wildman–Crippen LogP) is 2.79. The highest BCUT2D eigenvalue weighted by molar-refractivity contribution is 5.90. The van der Waals surface area contributed by atoms with Crippen LogP contribution in [0.15, 0.2) is 30.3 Å². The van der Waals surface area contributed by atoms with E-state index in [9.17, 15) is 9.59 Å². The molecule has 3 heteroatoms. The SMILES string of the molecule is CCC1CN(C(=O)C(C)(C)c2ccccc2)CCC1=O. The summed E-state index contributed by atoms with van der Waals surface area (Å²) in [5.41, 5.74) is 0.481. The van der Waals surface area contributed by atoms with Crippen LogP contribution in [0.2, 0.25) is 0 Å². The van der Waals surface area contributed by atoms with Gasteiger partial charge in [0.25, 0.3) is 0 Å². The molecule has 1 aromatic rings. The van der Waals surface area contributed by atoms with E-state index in [1.807, 2.05) is 56.0 Å². The molecule has 0 saturated carbocycles. The Morgan fingerprint density at radius 2 is 1.95 bits per heavy atom. The molecule has 1 unspecified atom stereocenters. The predicted molar refractivity (Wildman–Crippen MR) is 79.5 cm³/mol. The molecule has 2 rings (SSSR count). The van der Waals surface area contributed by atoms with Gasteiger partial charge in [-0.2, -0.15) is 0 Å². The van der Waals surface area contributed by atoms with E-state index in [-0.39, 0.29) is 11.8 Å². The van der Waals surface area contributed by atoms with Gasteiger partial charge in [0.05, 0.1) is 5.41 Å². The summed E-state index contributed by atoms with van der Waals surface area (Å²) >= 11 is 0. The fourth-order valence-corrected chi connectivity index (χ4v) is 2.82. The minimum atomic E-state index is -0.542. The number of carbonyl (C=O) groups excluding carboxylic acids is 2. The van der Waals surface area contributed by atoms with Crippen LogP contribution >= 0.6 is 0 Å². The molecular formula is C17H23NO2. The minimum Gasteiger partial charge on any atom is -0.341 e. The summed E-state index contributed by atoms with van der Waals surface area (Å²) in [6, 6.07) is 9.85. The molecule has 0 aliphatic carbocycles. The Kier molecular flexibility index (Phi) is 4.26. The molecular weight excluding hydrogens is 250 g/mol. The molecule has 108 valence electrons. The average Bonchev–Trinajstić information content (AvgIpc) is 2.48. The standard InChI is InChI=1S/C17H23NO2/c1-4-13-12-18(11-10-15(13)19)16(20)17(2,3)14-8-6-5-7-9-14/h5-9,13H,4,10-12H2,1-3H3. The van der Waals surface area contributed by atoms with Crippen molar-refractivity contribution in [3.63, 3.8) is 0 Å². The second-order valence-electron chi connectivity index (χ2n) is 6.06. The molecule has 1 atom stereocenters. The molecule has 0 aromatic heterocycles. The van der Waals surface area contributed by atoms with Gasteiger partial charge >= 0.3 is 0 Å². The van der Waals surface area contributed by atoms with Crippen LogP contribution in [-0.2, 0) is 15.0 Å². The van der Waals surface area contributed by atoms with Crippen LogP contribution in [0.25, 0.3) is 0 Å². The lowest BCUT2D eigenvalue weighted by atomic mass is 9.82. The number of benzene rings is 1. The fraction of sp³-hybridized carbons (Fsp3) is 0.529. The lowest BCUT2D eigenvalue weighted by Crippen LogP contribution is -2.50. The largest absolute Gasteiger partial charge is 0.341 e.